The molecule has 9 nitrogen and oxygen atoms in total. The highest BCUT2D eigenvalue weighted by Crippen LogP contribution is 2.27. The molecule has 0 aliphatic carbocycles. The first-order valence-corrected chi connectivity index (χ1v) is 12.0. The van der Waals surface area contributed by atoms with E-state index in [2.05, 4.69) is 6.92 Å². The van der Waals surface area contributed by atoms with Crippen LogP contribution in [-0.2, 0) is 19.6 Å². The Morgan fingerprint density at radius 2 is 1.87 bits per heavy atom. The Kier molecular flexibility index (Phi) is 7.54. The largest absolute Gasteiger partial charge is 0.475 e. The first-order chi connectivity index (χ1) is 14.3. The number of hydrogen-bond donors (Lipinski definition) is 1. The summed E-state index contributed by atoms with van der Waals surface area (Å²) in [4.78, 5) is 25.8. The van der Waals surface area contributed by atoms with Crippen LogP contribution in [0.25, 0.3) is 0 Å². The smallest absolute Gasteiger partial charge is 0.371 e. The van der Waals surface area contributed by atoms with E-state index in [1.165, 1.54) is 4.31 Å². The number of carbonyl (C=O) groups is 2. The minimum atomic E-state index is -3.91. The Hall–Kier alpha value is -1.91. The molecule has 0 spiro atoms. The van der Waals surface area contributed by atoms with Crippen LogP contribution in [0.4, 0.5) is 0 Å². The van der Waals surface area contributed by atoms with Gasteiger partial charge in [-0.05, 0) is 50.7 Å². The highest BCUT2D eigenvalue weighted by atomic mass is 32.2. The van der Waals surface area contributed by atoms with Crippen LogP contribution in [0.3, 0.4) is 0 Å². The third-order valence-corrected chi connectivity index (χ3v) is 7.51. The van der Waals surface area contributed by atoms with Gasteiger partial charge < -0.3 is 19.2 Å². The summed E-state index contributed by atoms with van der Waals surface area (Å²) in [6.45, 7) is 4.63. The maximum Gasteiger partial charge on any atom is 0.371 e. The van der Waals surface area contributed by atoms with Crippen molar-refractivity contribution in [2.24, 2.45) is 5.92 Å². The number of likely N-dealkylation sites (tertiary alicyclic amines) is 1. The molecule has 2 saturated heterocycles. The van der Waals surface area contributed by atoms with Crippen LogP contribution in [0.2, 0.25) is 0 Å². The fraction of sp³-hybridized carbons (Fsp3) is 0.700. The van der Waals surface area contributed by atoms with Crippen LogP contribution in [0.15, 0.2) is 21.6 Å². The first kappa shape index (κ1) is 22.8. The highest BCUT2D eigenvalue weighted by Gasteiger charge is 2.36. The van der Waals surface area contributed by atoms with Crippen LogP contribution in [0.1, 0.15) is 56.0 Å². The molecule has 0 saturated carbocycles. The Balaban J connectivity index is 1.54. The van der Waals surface area contributed by atoms with E-state index in [9.17, 15) is 18.0 Å². The minimum absolute atomic E-state index is 0.0920. The molecule has 1 amide bonds. The van der Waals surface area contributed by atoms with E-state index in [4.69, 9.17) is 14.3 Å². The van der Waals surface area contributed by atoms with Crippen molar-refractivity contribution < 1.29 is 32.3 Å². The zero-order valence-electron chi connectivity index (χ0n) is 17.3. The molecule has 10 heteroatoms. The third kappa shape index (κ3) is 5.22. The van der Waals surface area contributed by atoms with E-state index >= 15 is 0 Å². The maximum atomic E-state index is 13.0. The molecule has 2 aliphatic heterocycles. The Morgan fingerprint density at radius 3 is 2.50 bits per heavy atom. The van der Waals surface area contributed by atoms with E-state index in [-0.39, 0.29) is 36.1 Å². The molecule has 0 aromatic carbocycles. The first-order valence-electron chi connectivity index (χ1n) is 10.6. The topological polar surface area (TPSA) is 117 Å². The predicted molar refractivity (Wildman–Crippen MR) is 108 cm³/mol. The van der Waals surface area contributed by atoms with E-state index in [1.807, 2.05) is 4.90 Å². The van der Waals surface area contributed by atoms with Gasteiger partial charge in [-0.1, -0.05) is 6.92 Å². The Bertz CT molecular complexity index is 843. The van der Waals surface area contributed by atoms with E-state index in [1.54, 1.807) is 0 Å². The normalized spacial score (nSPS) is 22.0. The number of furan rings is 1. The molecule has 0 unspecified atom stereocenters. The van der Waals surface area contributed by atoms with Gasteiger partial charge in [-0.15, -0.1) is 0 Å². The lowest BCUT2D eigenvalue weighted by Gasteiger charge is -2.33. The molecular formula is C20H30N2O7S. The van der Waals surface area contributed by atoms with Crippen molar-refractivity contribution in [3.63, 3.8) is 0 Å². The van der Waals surface area contributed by atoms with Crippen molar-refractivity contribution in [2.75, 3.05) is 32.8 Å². The zero-order valence-corrected chi connectivity index (χ0v) is 18.1. The van der Waals surface area contributed by atoms with Gasteiger partial charge in [0.25, 0.3) is 10.0 Å². The molecule has 1 aromatic heterocycles. The number of piperidine rings is 1. The Labute approximate surface area is 177 Å². The van der Waals surface area contributed by atoms with Gasteiger partial charge in [-0.3, -0.25) is 4.79 Å². The number of ether oxygens (including phenoxy) is 1. The average Bonchev–Trinajstić information content (AvgIpc) is 3.14. The van der Waals surface area contributed by atoms with Gasteiger partial charge in [0.1, 0.15) is 0 Å². The molecule has 3 rings (SSSR count). The molecule has 1 atom stereocenters. The lowest BCUT2D eigenvalue weighted by atomic mass is 9.96. The monoisotopic (exact) mass is 442 g/mol. The molecule has 2 fully saturated rings. The van der Waals surface area contributed by atoms with E-state index in [0.717, 1.165) is 44.4 Å². The SMILES string of the molecule is CCCO[C@@H]1CCCN(C(=O)C2CCN(S(=O)(=O)c3ccc(C(=O)O)o3)CC2)CC1. The lowest BCUT2D eigenvalue weighted by Crippen LogP contribution is -2.44. The van der Waals surface area contributed by atoms with Gasteiger partial charge in [-0.2, -0.15) is 4.31 Å². The van der Waals surface area contributed by atoms with Crippen LogP contribution < -0.4 is 0 Å². The number of nitrogens with zero attached hydrogens (tertiary/aromatic N) is 2. The average molecular weight is 443 g/mol. The fourth-order valence-corrected chi connectivity index (χ4v) is 5.42. The summed E-state index contributed by atoms with van der Waals surface area (Å²) in [6.07, 6.45) is 4.78. The third-order valence-electron chi connectivity index (χ3n) is 5.73. The second-order valence-electron chi connectivity index (χ2n) is 7.85. The number of sulfonamides is 1. The number of amides is 1. The number of rotatable bonds is 7. The van der Waals surface area contributed by atoms with Crippen LogP contribution in [-0.4, -0.2) is 73.5 Å². The maximum absolute atomic E-state index is 13.0. The lowest BCUT2D eigenvalue weighted by molar-refractivity contribution is -0.136. The van der Waals surface area contributed by atoms with E-state index in [0.29, 0.717) is 25.9 Å². The highest BCUT2D eigenvalue weighted by molar-refractivity contribution is 7.89. The standard InChI is InChI=1S/C20H30N2O7S/c1-2-14-28-16-4-3-10-21(11-9-16)19(23)15-7-12-22(13-8-15)30(26,27)18-6-5-17(29-18)20(24)25/h5-6,15-16H,2-4,7-14H2,1H3,(H,24,25)/t16-/m1/s1. The molecular weight excluding hydrogens is 412 g/mol. The zero-order chi connectivity index (χ0) is 21.7. The number of carboxylic acids is 1. The molecule has 3 heterocycles. The number of carbonyl (C=O) groups excluding carboxylic acids is 1. The van der Waals surface area contributed by atoms with Crippen LogP contribution >= 0.6 is 0 Å². The minimum Gasteiger partial charge on any atom is -0.475 e. The Morgan fingerprint density at radius 1 is 1.13 bits per heavy atom. The second-order valence-corrected chi connectivity index (χ2v) is 9.72. The molecule has 168 valence electrons. The molecule has 1 N–H and O–H groups in total. The number of aromatic carboxylic acids is 1. The van der Waals surface area contributed by atoms with Crippen molar-refractivity contribution in [3.05, 3.63) is 17.9 Å². The second kappa shape index (κ2) is 9.93. The van der Waals surface area contributed by atoms with Gasteiger partial charge in [0.15, 0.2) is 0 Å². The summed E-state index contributed by atoms with van der Waals surface area (Å²) in [5, 5.41) is 8.54. The fourth-order valence-electron chi connectivity index (χ4n) is 4.04. The summed E-state index contributed by atoms with van der Waals surface area (Å²) in [5.74, 6) is -1.84. The predicted octanol–water partition coefficient (Wildman–Crippen LogP) is 2.19. The van der Waals surface area contributed by atoms with Crippen molar-refractivity contribution in [1.82, 2.24) is 9.21 Å². The summed E-state index contributed by atoms with van der Waals surface area (Å²) in [5.41, 5.74) is 0. The quantitative estimate of drug-likeness (QED) is 0.688. The van der Waals surface area contributed by atoms with Crippen molar-refractivity contribution >= 4 is 21.9 Å². The van der Waals surface area contributed by atoms with Gasteiger partial charge in [-0.25, -0.2) is 13.2 Å². The van der Waals surface area contributed by atoms with Gasteiger partial charge in [0.2, 0.25) is 16.8 Å². The number of hydrogen-bond acceptors (Lipinski definition) is 6. The molecule has 30 heavy (non-hydrogen) atoms. The molecule has 0 radical (unpaired) electrons. The van der Waals surface area contributed by atoms with Crippen molar-refractivity contribution in [1.29, 1.82) is 0 Å². The van der Waals surface area contributed by atoms with Gasteiger partial charge >= 0.3 is 5.97 Å². The molecule has 0 bridgehead atoms. The summed E-state index contributed by atoms with van der Waals surface area (Å²) >= 11 is 0. The van der Waals surface area contributed by atoms with Gasteiger partial charge in [0.05, 0.1) is 6.10 Å². The van der Waals surface area contributed by atoms with Gasteiger partial charge in [0, 0.05) is 38.7 Å². The van der Waals surface area contributed by atoms with Crippen molar-refractivity contribution in [3.8, 4) is 0 Å². The van der Waals surface area contributed by atoms with Crippen molar-refractivity contribution in [2.45, 2.75) is 56.6 Å². The molecule has 1 aromatic rings. The summed E-state index contributed by atoms with van der Waals surface area (Å²) in [6, 6.07) is 2.28. The van der Waals surface area contributed by atoms with E-state index < -0.39 is 21.8 Å². The summed E-state index contributed by atoms with van der Waals surface area (Å²) in [7, 11) is -3.91. The summed E-state index contributed by atoms with van der Waals surface area (Å²) < 4.78 is 37.5. The number of carboxylic acid groups (broad SMARTS) is 1. The molecule has 2 aliphatic rings. The van der Waals surface area contributed by atoms with Crippen LogP contribution in [0, 0.1) is 5.92 Å². The van der Waals surface area contributed by atoms with Crippen LogP contribution in [0.5, 0.6) is 0 Å².